The molecule has 0 aliphatic rings. The van der Waals surface area contributed by atoms with E-state index in [1.54, 1.807) is 18.3 Å². The molecule has 4 aromatic rings. The predicted octanol–water partition coefficient (Wildman–Crippen LogP) is 4.14. The van der Waals surface area contributed by atoms with Gasteiger partial charge in [-0.2, -0.15) is 10.4 Å². The molecule has 0 N–H and O–H groups in total. The topological polar surface area (TPSA) is 80.5 Å². The highest BCUT2D eigenvalue weighted by atomic mass is 16.5. The first kappa shape index (κ1) is 16.7. The zero-order chi connectivity index (χ0) is 18.8. The lowest BCUT2D eigenvalue weighted by molar-refractivity contribution is 0.391. The first-order valence-corrected chi connectivity index (χ1v) is 8.57. The number of aromatic nitrogens is 4. The Labute approximate surface area is 156 Å². The van der Waals surface area contributed by atoms with Crippen molar-refractivity contribution in [3.05, 3.63) is 77.4 Å². The van der Waals surface area contributed by atoms with E-state index in [1.165, 1.54) is 0 Å². The molecule has 27 heavy (non-hydrogen) atoms. The van der Waals surface area contributed by atoms with Gasteiger partial charge in [0.05, 0.1) is 29.2 Å². The van der Waals surface area contributed by atoms with Crippen molar-refractivity contribution in [2.75, 3.05) is 0 Å². The van der Waals surface area contributed by atoms with Crippen LogP contribution in [0.3, 0.4) is 0 Å². The Morgan fingerprint density at radius 3 is 2.74 bits per heavy atom. The van der Waals surface area contributed by atoms with Gasteiger partial charge in [0.15, 0.2) is 0 Å². The Hall–Kier alpha value is -3.72. The van der Waals surface area contributed by atoms with Crippen LogP contribution in [0.1, 0.15) is 22.6 Å². The maximum atomic E-state index is 9.32. The number of hydrogen-bond donors (Lipinski definition) is 0. The molecule has 0 aliphatic carbocycles. The Balaban J connectivity index is 1.66. The van der Waals surface area contributed by atoms with Gasteiger partial charge in [0.25, 0.3) is 0 Å². The van der Waals surface area contributed by atoms with Gasteiger partial charge in [-0.3, -0.25) is 9.67 Å². The van der Waals surface area contributed by atoms with E-state index >= 15 is 0 Å². The maximum absolute atomic E-state index is 9.32. The van der Waals surface area contributed by atoms with E-state index in [-0.39, 0.29) is 0 Å². The normalized spacial score (nSPS) is 10.7. The molecule has 0 amide bonds. The first-order chi connectivity index (χ1) is 13.2. The van der Waals surface area contributed by atoms with Gasteiger partial charge in [-0.05, 0) is 38.1 Å². The zero-order valence-electron chi connectivity index (χ0n) is 15.0. The molecular formula is C21H17N5O. The minimum atomic E-state index is 0.554. The van der Waals surface area contributed by atoms with Crippen LogP contribution in [0.2, 0.25) is 0 Å². The standard InChI is InChI=1S/C21H17N5O/c1-14-19(15(2)27-25-14)13-26-10-8-20(24-26)16-5-3-6-17(11-16)21-18(12-22)7-4-9-23-21/h3-11H,13H2,1-2H3. The van der Waals surface area contributed by atoms with Gasteiger partial charge < -0.3 is 4.52 Å². The van der Waals surface area contributed by atoms with Gasteiger partial charge in [-0.1, -0.05) is 23.4 Å². The molecule has 0 spiro atoms. The van der Waals surface area contributed by atoms with Crippen molar-refractivity contribution in [2.45, 2.75) is 20.4 Å². The minimum absolute atomic E-state index is 0.554. The largest absolute Gasteiger partial charge is 0.361 e. The Bertz CT molecular complexity index is 1130. The van der Waals surface area contributed by atoms with Crippen molar-refractivity contribution in [3.63, 3.8) is 0 Å². The highest BCUT2D eigenvalue weighted by Gasteiger charge is 2.12. The van der Waals surface area contributed by atoms with E-state index in [2.05, 4.69) is 21.3 Å². The van der Waals surface area contributed by atoms with Crippen LogP contribution in [0.5, 0.6) is 0 Å². The number of aryl methyl sites for hydroxylation is 2. The summed E-state index contributed by atoms with van der Waals surface area (Å²) in [5.41, 5.74) is 5.88. The molecule has 0 saturated heterocycles. The van der Waals surface area contributed by atoms with Crippen molar-refractivity contribution in [1.82, 2.24) is 19.9 Å². The summed E-state index contributed by atoms with van der Waals surface area (Å²) < 4.78 is 7.09. The maximum Gasteiger partial charge on any atom is 0.138 e. The molecule has 0 atom stereocenters. The Morgan fingerprint density at radius 2 is 1.96 bits per heavy atom. The fraction of sp³-hybridized carbons (Fsp3) is 0.143. The minimum Gasteiger partial charge on any atom is -0.361 e. The summed E-state index contributed by atoms with van der Waals surface area (Å²) in [6, 6.07) is 15.6. The number of pyridine rings is 1. The third kappa shape index (κ3) is 3.23. The summed E-state index contributed by atoms with van der Waals surface area (Å²) in [6.07, 6.45) is 3.64. The van der Waals surface area contributed by atoms with Gasteiger partial charge in [0.2, 0.25) is 0 Å². The first-order valence-electron chi connectivity index (χ1n) is 8.57. The Morgan fingerprint density at radius 1 is 1.11 bits per heavy atom. The van der Waals surface area contributed by atoms with Crippen molar-refractivity contribution in [3.8, 4) is 28.6 Å². The fourth-order valence-corrected chi connectivity index (χ4v) is 3.04. The van der Waals surface area contributed by atoms with Crippen molar-refractivity contribution < 1.29 is 4.52 Å². The molecule has 132 valence electrons. The summed E-state index contributed by atoms with van der Waals surface area (Å²) in [5.74, 6) is 0.811. The van der Waals surface area contributed by atoms with E-state index in [9.17, 15) is 5.26 Å². The van der Waals surface area contributed by atoms with E-state index in [1.807, 2.05) is 55.1 Å². The molecular weight excluding hydrogens is 338 g/mol. The highest BCUT2D eigenvalue weighted by molar-refractivity contribution is 5.72. The van der Waals surface area contributed by atoms with Gasteiger partial charge in [0.1, 0.15) is 11.8 Å². The molecule has 6 nitrogen and oxygen atoms in total. The summed E-state index contributed by atoms with van der Waals surface area (Å²) >= 11 is 0. The van der Waals surface area contributed by atoms with Crippen LogP contribution >= 0.6 is 0 Å². The van der Waals surface area contributed by atoms with Crippen LogP contribution in [0.15, 0.2) is 59.4 Å². The molecule has 0 unspecified atom stereocenters. The second-order valence-electron chi connectivity index (χ2n) is 6.29. The fourth-order valence-electron chi connectivity index (χ4n) is 3.04. The molecule has 6 heteroatoms. The van der Waals surface area contributed by atoms with E-state index < -0.39 is 0 Å². The lowest BCUT2D eigenvalue weighted by atomic mass is 10.0. The summed E-state index contributed by atoms with van der Waals surface area (Å²) in [6.45, 7) is 4.45. The van der Waals surface area contributed by atoms with Gasteiger partial charge in [-0.25, -0.2) is 0 Å². The molecule has 0 saturated carbocycles. The van der Waals surface area contributed by atoms with Crippen molar-refractivity contribution in [2.24, 2.45) is 0 Å². The van der Waals surface area contributed by atoms with Crippen LogP contribution in [0, 0.1) is 25.2 Å². The molecule has 0 fully saturated rings. The lowest BCUT2D eigenvalue weighted by Crippen LogP contribution is -2.02. The zero-order valence-corrected chi connectivity index (χ0v) is 15.0. The molecule has 0 aliphatic heterocycles. The molecule has 0 bridgehead atoms. The smallest absolute Gasteiger partial charge is 0.138 e. The second-order valence-corrected chi connectivity index (χ2v) is 6.29. The van der Waals surface area contributed by atoms with Gasteiger partial charge in [-0.15, -0.1) is 0 Å². The molecule has 3 heterocycles. The number of benzene rings is 1. The number of hydrogen-bond acceptors (Lipinski definition) is 5. The number of nitrogens with zero attached hydrogens (tertiary/aromatic N) is 5. The van der Waals surface area contributed by atoms with Crippen LogP contribution < -0.4 is 0 Å². The summed E-state index contributed by atoms with van der Waals surface area (Å²) in [5, 5.41) is 18.0. The monoisotopic (exact) mass is 355 g/mol. The van der Waals surface area contributed by atoms with E-state index in [0.717, 1.165) is 33.8 Å². The van der Waals surface area contributed by atoms with Crippen molar-refractivity contribution in [1.29, 1.82) is 5.26 Å². The van der Waals surface area contributed by atoms with Crippen LogP contribution in [-0.2, 0) is 6.54 Å². The molecule has 1 aromatic carbocycles. The predicted molar refractivity (Wildman–Crippen MR) is 101 cm³/mol. The van der Waals surface area contributed by atoms with Crippen LogP contribution in [0.25, 0.3) is 22.5 Å². The van der Waals surface area contributed by atoms with E-state index in [0.29, 0.717) is 17.8 Å². The van der Waals surface area contributed by atoms with Gasteiger partial charge in [0, 0.05) is 29.1 Å². The number of nitriles is 1. The average molecular weight is 355 g/mol. The third-order valence-corrected chi connectivity index (χ3v) is 4.50. The highest BCUT2D eigenvalue weighted by Crippen LogP contribution is 2.26. The van der Waals surface area contributed by atoms with Crippen molar-refractivity contribution >= 4 is 0 Å². The third-order valence-electron chi connectivity index (χ3n) is 4.50. The summed E-state index contributed by atoms with van der Waals surface area (Å²) in [7, 11) is 0. The average Bonchev–Trinajstić information content (AvgIpc) is 3.30. The van der Waals surface area contributed by atoms with E-state index in [4.69, 9.17) is 4.52 Å². The SMILES string of the molecule is Cc1noc(C)c1Cn1ccc(-c2cccc(-c3ncccc3C#N)c2)n1. The van der Waals surface area contributed by atoms with Crippen LogP contribution in [0.4, 0.5) is 0 Å². The van der Waals surface area contributed by atoms with Crippen LogP contribution in [-0.4, -0.2) is 19.9 Å². The Kier molecular flexibility index (Phi) is 4.27. The molecule has 0 radical (unpaired) electrons. The van der Waals surface area contributed by atoms with Gasteiger partial charge >= 0.3 is 0 Å². The second kappa shape index (κ2) is 6.89. The number of rotatable bonds is 4. The summed E-state index contributed by atoms with van der Waals surface area (Å²) in [4.78, 5) is 4.36. The lowest BCUT2D eigenvalue weighted by Gasteiger charge is -2.05. The quantitative estimate of drug-likeness (QED) is 0.550. The molecule has 4 rings (SSSR count). The molecule has 3 aromatic heterocycles.